The Bertz CT molecular complexity index is 282. The maximum absolute atomic E-state index is 4.80. The highest BCUT2D eigenvalue weighted by molar-refractivity contribution is 14.0. The Morgan fingerprint density at radius 2 is 1.80 bits per heavy atom. The molecule has 0 radical (unpaired) electrons. The van der Waals surface area contributed by atoms with Gasteiger partial charge in [-0.3, -0.25) is 4.99 Å². The number of aliphatic imine (C=N–C) groups is 1. The lowest BCUT2D eigenvalue weighted by Gasteiger charge is -2.28. The zero-order valence-corrected chi connectivity index (χ0v) is 15.4. The summed E-state index contributed by atoms with van der Waals surface area (Å²) in [5.74, 6) is 1.81. The van der Waals surface area contributed by atoms with Gasteiger partial charge in [0.05, 0.1) is 0 Å². The van der Waals surface area contributed by atoms with Gasteiger partial charge in [0.25, 0.3) is 0 Å². The maximum Gasteiger partial charge on any atom is 0.191 e. The summed E-state index contributed by atoms with van der Waals surface area (Å²) in [6.07, 6.45) is 7.93. The van der Waals surface area contributed by atoms with Crippen molar-refractivity contribution in [2.45, 2.75) is 51.5 Å². The quantitative estimate of drug-likeness (QED) is 0.437. The highest BCUT2D eigenvalue weighted by Gasteiger charge is 2.18. The van der Waals surface area contributed by atoms with Gasteiger partial charge in [0.2, 0.25) is 0 Å². The van der Waals surface area contributed by atoms with Gasteiger partial charge in [-0.05, 0) is 58.7 Å². The van der Waals surface area contributed by atoms with Gasteiger partial charge >= 0.3 is 0 Å². The van der Waals surface area contributed by atoms with Gasteiger partial charge in [-0.25, -0.2) is 0 Å². The van der Waals surface area contributed by atoms with Crippen LogP contribution in [0.15, 0.2) is 4.99 Å². The third-order valence-corrected chi connectivity index (χ3v) is 4.39. The van der Waals surface area contributed by atoms with Crippen molar-refractivity contribution < 1.29 is 0 Å². The van der Waals surface area contributed by atoms with E-state index in [1.807, 2.05) is 0 Å². The Kier molecular flexibility index (Phi) is 8.84. The van der Waals surface area contributed by atoms with Crippen LogP contribution < -0.4 is 10.6 Å². The molecule has 0 aromatic carbocycles. The summed E-state index contributed by atoms with van der Waals surface area (Å²) < 4.78 is 0. The fourth-order valence-corrected chi connectivity index (χ4v) is 3.05. The first kappa shape index (κ1) is 18.0. The van der Waals surface area contributed by atoms with Gasteiger partial charge in [0.15, 0.2) is 5.96 Å². The molecule has 1 aliphatic heterocycles. The van der Waals surface area contributed by atoms with Gasteiger partial charge in [-0.15, -0.1) is 24.0 Å². The van der Waals surface area contributed by atoms with Crippen molar-refractivity contribution in [1.82, 2.24) is 15.5 Å². The third-order valence-electron chi connectivity index (χ3n) is 4.39. The van der Waals surface area contributed by atoms with Crippen LogP contribution in [-0.4, -0.2) is 50.1 Å². The van der Waals surface area contributed by atoms with Crippen LogP contribution in [0.1, 0.15) is 45.4 Å². The van der Waals surface area contributed by atoms with E-state index >= 15 is 0 Å². The number of likely N-dealkylation sites (tertiary alicyclic amines) is 1. The molecule has 1 saturated carbocycles. The summed E-state index contributed by atoms with van der Waals surface area (Å²) in [6, 6.07) is 0.648. The molecular weight excluding hydrogens is 363 g/mol. The Labute approximate surface area is 141 Å². The summed E-state index contributed by atoms with van der Waals surface area (Å²) in [4.78, 5) is 7.22. The molecule has 2 rings (SSSR count). The van der Waals surface area contributed by atoms with E-state index in [1.165, 1.54) is 51.6 Å². The summed E-state index contributed by atoms with van der Waals surface area (Å²) in [5.41, 5.74) is 0. The smallest absolute Gasteiger partial charge is 0.191 e. The number of guanidine groups is 1. The van der Waals surface area contributed by atoms with Crippen molar-refractivity contribution in [3.05, 3.63) is 0 Å². The summed E-state index contributed by atoms with van der Waals surface area (Å²) in [5, 5.41) is 6.98. The second kappa shape index (κ2) is 9.82. The number of hydrogen-bond acceptors (Lipinski definition) is 2. The third kappa shape index (κ3) is 6.16. The molecule has 0 spiro atoms. The highest BCUT2D eigenvalue weighted by atomic mass is 127. The number of nitrogens with one attached hydrogen (secondary N) is 2. The van der Waals surface area contributed by atoms with Gasteiger partial charge in [0, 0.05) is 19.1 Å². The van der Waals surface area contributed by atoms with Crippen molar-refractivity contribution in [2.24, 2.45) is 10.9 Å². The van der Waals surface area contributed by atoms with Crippen molar-refractivity contribution in [1.29, 1.82) is 0 Å². The van der Waals surface area contributed by atoms with E-state index in [9.17, 15) is 0 Å². The van der Waals surface area contributed by atoms with Crippen LogP contribution in [0, 0.1) is 5.92 Å². The van der Waals surface area contributed by atoms with E-state index in [4.69, 9.17) is 4.99 Å². The molecule has 5 heteroatoms. The van der Waals surface area contributed by atoms with Crippen molar-refractivity contribution in [3.63, 3.8) is 0 Å². The molecule has 2 N–H and O–H groups in total. The number of rotatable bonds is 4. The Morgan fingerprint density at radius 1 is 1.15 bits per heavy atom. The van der Waals surface area contributed by atoms with Crippen molar-refractivity contribution in [2.75, 3.05) is 33.2 Å². The molecule has 1 heterocycles. The summed E-state index contributed by atoms with van der Waals surface area (Å²) in [6.45, 7) is 6.53. The molecule has 1 aliphatic carbocycles. The molecule has 0 amide bonds. The maximum atomic E-state index is 4.80. The van der Waals surface area contributed by atoms with E-state index in [1.54, 1.807) is 0 Å². The van der Waals surface area contributed by atoms with Crippen LogP contribution in [0.4, 0.5) is 0 Å². The normalized spacial score (nSPS) is 22.6. The first-order valence-electron chi connectivity index (χ1n) is 8.01. The lowest BCUT2D eigenvalue weighted by molar-refractivity contribution is 0.223. The number of piperidine rings is 1. The van der Waals surface area contributed by atoms with Crippen molar-refractivity contribution >= 4 is 29.9 Å². The average Bonchev–Trinajstić information content (AvgIpc) is 2.91. The van der Waals surface area contributed by atoms with Gasteiger partial charge in [-0.2, -0.15) is 0 Å². The van der Waals surface area contributed by atoms with Crippen LogP contribution in [-0.2, 0) is 0 Å². The summed E-state index contributed by atoms with van der Waals surface area (Å²) >= 11 is 0. The van der Waals surface area contributed by atoms with Crippen LogP contribution in [0.3, 0.4) is 0 Å². The Hall–Kier alpha value is -0.0400. The molecule has 4 nitrogen and oxygen atoms in total. The van der Waals surface area contributed by atoms with Gasteiger partial charge < -0.3 is 15.5 Å². The first-order chi connectivity index (χ1) is 9.28. The van der Waals surface area contributed by atoms with E-state index in [2.05, 4.69) is 29.5 Å². The summed E-state index contributed by atoms with van der Waals surface area (Å²) in [7, 11) is 2.21. The Balaban J connectivity index is 0.00000200. The Morgan fingerprint density at radius 3 is 2.40 bits per heavy atom. The van der Waals surface area contributed by atoms with E-state index < -0.39 is 0 Å². The second-order valence-electron chi connectivity index (χ2n) is 6.09. The lowest BCUT2D eigenvalue weighted by Crippen LogP contribution is -2.42. The average molecular weight is 394 g/mol. The van der Waals surface area contributed by atoms with Crippen LogP contribution in [0.2, 0.25) is 0 Å². The molecule has 2 aliphatic rings. The molecular formula is C15H31IN4. The predicted octanol–water partition coefficient (Wildman–Crippen LogP) is 2.44. The van der Waals surface area contributed by atoms with E-state index in [0.717, 1.165) is 25.0 Å². The first-order valence-corrected chi connectivity index (χ1v) is 8.01. The second-order valence-corrected chi connectivity index (χ2v) is 6.09. The molecule has 0 aromatic heterocycles. The number of nitrogens with zero attached hydrogens (tertiary/aromatic N) is 2. The minimum Gasteiger partial charge on any atom is -0.357 e. The standard InChI is InChI=1S/C15H30N4.HI/c1-3-16-15(18-14-6-4-5-7-14)17-12-13-8-10-19(2)11-9-13;/h13-14H,3-12H2,1-2H3,(H2,16,17,18);1H. The van der Waals surface area contributed by atoms with Crippen LogP contribution >= 0.6 is 24.0 Å². The number of halogens is 1. The minimum atomic E-state index is 0. The fraction of sp³-hybridized carbons (Fsp3) is 0.933. The molecule has 1 saturated heterocycles. The number of hydrogen-bond donors (Lipinski definition) is 2. The molecule has 118 valence electrons. The van der Waals surface area contributed by atoms with Crippen LogP contribution in [0.25, 0.3) is 0 Å². The zero-order chi connectivity index (χ0) is 13.5. The molecule has 0 bridgehead atoms. The molecule has 20 heavy (non-hydrogen) atoms. The SMILES string of the molecule is CCNC(=NCC1CCN(C)CC1)NC1CCCC1.I. The van der Waals surface area contributed by atoms with E-state index in [0.29, 0.717) is 6.04 Å². The van der Waals surface area contributed by atoms with Crippen molar-refractivity contribution in [3.8, 4) is 0 Å². The molecule has 0 atom stereocenters. The topological polar surface area (TPSA) is 39.7 Å². The molecule has 0 unspecified atom stereocenters. The van der Waals surface area contributed by atoms with E-state index in [-0.39, 0.29) is 24.0 Å². The zero-order valence-electron chi connectivity index (χ0n) is 13.0. The monoisotopic (exact) mass is 394 g/mol. The molecule has 2 fully saturated rings. The highest BCUT2D eigenvalue weighted by Crippen LogP contribution is 2.18. The minimum absolute atomic E-state index is 0. The van der Waals surface area contributed by atoms with Gasteiger partial charge in [0.1, 0.15) is 0 Å². The predicted molar refractivity (Wildman–Crippen MR) is 97.0 cm³/mol. The largest absolute Gasteiger partial charge is 0.357 e. The van der Waals surface area contributed by atoms with Gasteiger partial charge in [-0.1, -0.05) is 12.8 Å². The van der Waals surface area contributed by atoms with Crippen LogP contribution in [0.5, 0.6) is 0 Å². The molecule has 0 aromatic rings. The fourth-order valence-electron chi connectivity index (χ4n) is 3.05. The lowest BCUT2D eigenvalue weighted by atomic mass is 9.97.